The van der Waals surface area contributed by atoms with E-state index in [0.29, 0.717) is 0 Å². The van der Waals surface area contributed by atoms with Gasteiger partial charge in [0, 0.05) is 0 Å². The summed E-state index contributed by atoms with van der Waals surface area (Å²) in [7, 11) is 0. The van der Waals surface area contributed by atoms with Gasteiger partial charge in [-0.1, -0.05) is 12.1 Å². The van der Waals surface area contributed by atoms with Gasteiger partial charge >= 0.3 is 6.18 Å². The Hall–Kier alpha value is -1.85. The molecule has 0 saturated heterocycles. The molecule has 0 atom stereocenters. The van der Waals surface area contributed by atoms with E-state index >= 15 is 0 Å². The molecule has 0 heterocycles. The molecule has 0 radical (unpaired) electrons. The molecule has 1 rings (SSSR count). The second kappa shape index (κ2) is 4.99. The smallest absolute Gasteiger partial charge is 0.345 e. The van der Waals surface area contributed by atoms with E-state index in [1.54, 1.807) is 0 Å². The number of ketones is 1. The maximum Gasteiger partial charge on any atom is 0.417 e. The summed E-state index contributed by atoms with van der Waals surface area (Å²) in [5.74, 6) is -1.24. The lowest BCUT2D eigenvalue weighted by atomic mass is 10.1. The fourth-order valence-electron chi connectivity index (χ4n) is 1.23. The predicted molar refractivity (Wildman–Crippen MR) is 54.5 cm³/mol. The van der Waals surface area contributed by atoms with Gasteiger partial charge in [-0.2, -0.15) is 13.2 Å². The number of hydrogen-bond donors (Lipinski definition) is 1. The molecule has 3 nitrogen and oxygen atoms in total. The maximum atomic E-state index is 12.6. The van der Waals surface area contributed by atoms with Crippen molar-refractivity contribution in [3.8, 4) is 0 Å². The molecule has 0 aliphatic carbocycles. The average Bonchev–Trinajstić information content (AvgIpc) is 2.24. The van der Waals surface area contributed by atoms with Crippen molar-refractivity contribution >= 4 is 11.7 Å². The van der Waals surface area contributed by atoms with Gasteiger partial charge in [0.15, 0.2) is 0 Å². The van der Waals surface area contributed by atoms with Crippen LogP contribution in [0.3, 0.4) is 0 Å². The highest BCUT2D eigenvalue weighted by Crippen LogP contribution is 2.31. The Morgan fingerprint density at radius 1 is 1.24 bits per heavy atom. The van der Waals surface area contributed by atoms with Crippen molar-refractivity contribution in [3.05, 3.63) is 35.4 Å². The molecule has 1 N–H and O–H groups in total. The van der Waals surface area contributed by atoms with Crippen molar-refractivity contribution in [2.24, 2.45) is 0 Å². The van der Waals surface area contributed by atoms with Crippen LogP contribution in [-0.2, 0) is 11.0 Å². The van der Waals surface area contributed by atoms with Crippen molar-refractivity contribution in [3.63, 3.8) is 0 Å². The quantitative estimate of drug-likeness (QED) is 0.885. The van der Waals surface area contributed by atoms with Crippen LogP contribution in [0.25, 0.3) is 0 Å². The van der Waals surface area contributed by atoms with Gasteiger partial charge in [-0.3, -0.25) is 9.59 Å². The molecule has 1 aromatic carbocycles. The largest absolute Gasteiger partial charge is 0.417 e. The van der Waals surface area contributed by atoms with Crippen LogP contribution < -0.4 is 5.32 Å². The molecule has 0 unspecified atom stereocenters. The van der Waals surface area contributed by atoms with E-state index in [1.165, 1.54) is 19.1 Å². The molecule has 6 heteroatoms. The van der Waals surface area contributed by atoms with Crippen molar-refractivity contribution < 1.29 is 22.8 Å². The third-order valence-electron chi connectivity index (χ3n) is 1.97. The minimum absolute atomic E-state index is 0.287. The molecule has 17 heavy (non-hydrogen) atoms. The topological polar surface area (TPSA) is 46.2 Å². The second-order valence-corrected chi connectivity index (χ2v) is 3.43. The van der Waals surface area contributed by atoms with Crippen LogP contribution in [0, 0.1) is 0 Å². The van der Waals surface area contributed by atoms with Crippen LogP contribution in [0.5, 0.6) is 0 Å². The summed E-state index contributed by atoms with van der Waals surface area (Å²) in [6.07, 6.45) is -4.59. The Morgan fingerprint density at radius 2 is 1.82 bits per heavy atom. The van der Waals surface area contributed by atoms with Crippen LogP contribution >= 0.6 is 0 Å². The summed E-state index contributed by atoms with van der Waals surface area (Å²) in [6, 6.07) is 4.42. The summed E-state index contributed by atoms with van der Waals surface area (Å²) in [5, 5.41) is 2.12. The molecule has 0 spiro atoms. The Kier molecular flexibility index (Phi) is 3.88. The van der Waals surface area contributed by atoms with E-state index in [2.05, 4.69) is 5.32 Å². The van der Waals surface area contributed by atoms with E-state index in [9.17, 15) is 22.8 Å². The van der Waals surface area contributed by atoms with Gasteiger partial charge in [0.25, 0.3) is 5.91 Å². The highest BCUT2D eigenvalue weighted by molar-refractivity contribution is 5.97. The van der Waals surface area contributed by atoms with Crippen LogP contribution in [0.1, 0.15) is 22.8 Å². The fraction of sp³-hybridized carbons (Fsp3) is 0.273. The number of carbonyl (C=O) groups excluding carboxylic acids is 2. The summed E-state index contributed by atoms with van der Waals surface area (Å²) in [5.41, 5.74) is -1.50. The summed E-state index contributed by atoms with van der Waals surface area (Å²) < 4.78 is 37.7. The Balaban J connectivity index is 2.98. The summed E-state index contributed by atoms with van der Waals surface area (Å²) >= 11 is 0. The zero-order valence-electron chi connectivity index (χ0n) is 8.97. The van der Waals surface area contributed by atoms with Crippen molar-refractivity contribution in [2.45, 2.75) is 13.1 Å². The van der Waals surface area contributed by atoms with Gasteiger partial charge in [0.2, 0.25) is 0 Å². The van der Waals surface area contributed by atoms with Crippen LogP contribution in [-0.4, -0.2) is 18.2 Å². The Morgan fingerprint density at radius 3 is 2.35 bits per heavy atom. The highest BCUT2D eigenvalue weighted by atomic mass is 19.4. The molecule has 0 fully saturated rings. The zero-order chi connectivity index (χ0) is 13.1. The minimum atomic E-state index is -4.59. The van der Waals surface area contributed by atoms with Crippen molar-refractivity contribution in [2.75, 3.05) is 6.54 Å². The number of halogens is 3. The normalized spacial score (nSPS) is 11.1. The number of benzene rings is 1. The minimum Gasteiger partial charge on any atom is -0.345 e. The van der Waals surface area contributed by atoms with E-state index < -0.39 is 23.2 Å². The molecular formula is C11H10F3NO2. The van der Waals surface area contributed by atoms with Gasteiger partial charge in [-0.25, -0.2) is 0 Å². The van der Waals surface area contributed by atoms with Gasteiger partial charge in [-0.05, 0) is 19.1 Å². The van der Waals surface area contributed by atoms with E-state index in [1.807, 2.05) is 0 Å². The lowest BCUT2D eigenvalue weighted by Gasteiger charge is -2.11. The molecular weight excluding hydrogens is 235 g/mol. The number of nitrogens with one attached hydrogen (secondary N) is 1. The first kappa shape index (κ1) is 13.2. The molecule has 0 saturated carbocycles. The summed E-state index contributed by atoms with van der Waals surface area (Å²) in [6.45, 7) is 0.945. The lowest BCUT2D eigenvalue weighted by Crippen LogP contribution is -2.30. The summed E-state index contributed by atoms with van der Waals surface area (Å²) in [4.78, 5) is 22.1. The molecule has 0 bridgehead atoms. The van der Waals surface area contributed by atoms with Crippen molar-refractivity contribution in [1.82, 2.24) is 5.32 Å². The molecule has 1 aromatic rings. The third kappa shape index (κ3) is 3.58. The van der Waals surface area contributed by atoms with Gasteiger partial charge < -0.3 is 5.32 Å². The second-order valence-electron chi connectivity index (χ2n) is 3.43. The SMILES string of the molecule is CC(=O)CNC(=O)c1ccccc1C(F)(F)F. The lowest BCUT2D eigenvalue weighted by molar-refractivity contribution is -0.137. The zero-order valence-corrected chi connectivity index (χ0v) is 8.97. The predicted octanol–water partition coefficient (Wildman–Crippen LogP) is 2.02. The van der Waals surface area contributed by atoms with E-state index in [4.69, 9.17) is 0 Å². The monoisotopic (exact) mass is 245 g/mol. The van der Waals surface area contributed by atoms with Crippen molar-refractivity contribution in [1.29, 1.82) is 0 Å². The Bertz CT molecular complexity index is 441. The number of rotatable bonds is 3. The first-order valence-electron chi connectivity index (χ1n) is 4.76. The number of amides is 1. The first-order chi connectivity index (χ1) is 7.82. The molecule has 0 aliphatic heterocycles. The van der Waals surface area contributed by atoms with Gasteiger partial charge in [0.05, 0.1) is 17.7 Å². The number of hydrogen-bond acceptors (Lipinski definition) is 2. The van der Waals surface area contributed by atoms with Gasteiger partial charge in [-0.15, -0.1) is 0 Å². The molecule has 0 aliphatic rings. The average molecular weight is 245 g/mol. The number of carbonyl (C=O) groups is 2. The molecule has 92 valence electrons. The standard InChI is InChI=1S/C11H10F3NO2/c1-7(16)6-15-10(17)8-4-2-3-5-9(8)11(12,13)14/h2-5H,6H2,1H3,(H,15,17). The fourth-order valence-corrected chi connectivity index (χ4v) is 1.23. The van der Waals surface area contributed by atoms with Crippen LogP contribution in [0.4, 0.5) is 13.2 Å². The van der Waals surface area contributed by atoms with E-state index in [-0.39, 0.29) is 12.3 Å². The molecule has 1 amide bonds. The highest BCUT2D eigenvalue weighted by Gasteiger charge is 2.34. The van der Waals surface area contributed by atoms with Crippen LogP contribution in [0.15, 0.2) is 24.3 Å². The first-order valence-corrected chi connectivity index (χ1v) is 4.76. The number of alkyl halides is 3. The number of Topliss-reactive ketones (excluding diaryl/α,β-unsaturated/α-hetero) is 1. The van der Waals surface area contributed by atoms with E-state index in [0.717, 1.165) is 12.1 Å². The molecule has 0 aromatic heterocycles. The Labute approximate surface area is 95.6 Å². The third-order valence-corrected chi connectivity index (χ3v) is 1.97. The van der Waals surface area contributed by atoms with Crippen LogP contribution in [0.2, 0.25) is 0 Å². The van der Waals surface area contributed by atoms with Gasteiger partial charge in [0.1, 0.15) is 5.78 Å². The maximum absolute atomic E-state index is 12.6.